The summed E-state index contributed by atoms with van der Waals surface area (Å²) in [6, 6.07) is 1.98. The summed E-state index contributed by atoms with van der Waals surface area (Å²) in [5.41, 5.74) is 5.91. The van der Waals surface area contributed by atoms with Gasteiger partial charge in [-0.3, -0.25) is 0 Å². The Kier molecular flexibility index (Phi) is 5.26. The monoisotopic (exact) mass is 281 g/mol. The third-order valence-electron chi connectivity index (χ3n) is 2.81. The Morgan fingerprint density at radius 3 is 2.89 bits per heavy atom. The summed E-state index contributed by atoms with van der Waals surface area (Å²) >= 11 is 3.34. The number of fused-ring (bicyclic) bond motifs is 1. The number of thiophene rings is 1. The van der Waals surface area contributed by atoms with Crippen LogP contribution in [0.25, 0.3) is 10.2 Å². The highest BCUT2D eigenvalue weighted by atomic mass is 32.2. The molecule has 0 spiro atoms. The molecule has 0 aliphatic heterocycles. The van der Waals surface area contributed by atoms with Crippen LogP contribution in [0.15, 0.2) is 16.6 Å². The number of rotatable bonds is 7. The summed E-state index contributed by atoms with van der Waals surface area (Å²) < 4.78 is 0. The van der Waals surface area contributed by atoms with Gasteiger partial charge in [0.05, 0.1) is 5.39 Å². The minimum atomic E-state index is 0.606. The number of anilines is 1. The van der Waals surface area contributed by atoms with E-state index in [0.29, 0.717) is 5.82 Å². The first-order chi connectivity index (χ1) is 8.81. The van der Waals surface area contributed by atoms with Crippen molar-refractivity contribution in [2.75, 3.05) is 11.5 Å². The van der Waals surface area contributed by atoms with Crippen LogP contribution in [0.4, 0.5) is 5.82 Å². The van der Waals surface area contributed by atoms with E-state index < -0.39 is 0 Å². The zero-order valence-electron chi connectivity index (χ0n) is 10.7. The van der Waals surface area contributed by atoms with Crippen molar-refractivity contribution in [1.82, 2.24) is 9.97 Å². The average Bonchev–Trinajstić information content (AvgIpc) is 2.82. The second-order valence-corrected chi connectivity index (χ2v) is 6.25. The predicted octanol–water partition coefficient (Wildman–Crippen LogP) is 4.34. The van der Waals surface area contributed by atoms with Crippen LogP contribution < -0.4 is 5.73 Å². The van der Waals surface area contributed by atoms with Crippen molar-refractivity contribution in [2.24, 2.45) is 0 Å². The Morgan fingerprint density at radius 1 is 1.22 bits per heavy atom. The van der Waals surface area contributed by atoms with E-state index in [1.54, 1.807) is 23.1 Å². The molecule has 0 radical (unpaired) electrons. The van der Waals surface area contributed by atoms with E-state index in [4.69, 9.17) is 5.73 Å². The fraction of sp³-hybridized carbons (Fsp3) is 0.538. The molecule has 2 rings (SSSR count). The van der Waals surface area contributed by atoms with Gasteiger partial charge in [-0.15, -0.1) is 11.3 Å². The van der Waals surface area contributed by atoms with Gasteiger partial charge in [-0.25, -0.2) is 9.97 Å². The summed E-state index contributed by atoms with van der Waals surface area (Å²) in [6.45, 7) is 2.24. The number of unbranched alkanes of at least 4 members (excludes halogenated alkanes) is 4. The smallest absolute Gasteiger partial charge is 0.190 e. The van der Waals surface area contributed by atoms with E-state index >= 15 is 0 Å². The van der Waals surface area contributed by atoms with Crippen LogP contribution in [0, 0.1) is 0 Å². The van der Waals surface area contributed by atoms with Crippen LogP contribution in [0.5, 0.6) is 0 Å². The maximum Gasteiger partial charge on any atom is 0.190 e. The highest BCUT2D eigenvalue weighted by Gasteiger charge is 2.06. The lowest BCUT2D eigenvalue weighted by atomic mass is 10.2. The molecule has 0 atom stereocenters. The summed E-state index contributed by atoms with van der Waals surface area (Å²) in [5.74, 6) is 1.69. The maximum atomic E-state index is 5.91. The molecule has 3 nitrogen and oxygen atoms in total. The molecule has 2 aromatic rings. The van der Waals surface area contributed by atoms with Gasteiger partial charge in [0, 0.05) is 5.75 Å². The molecule has 0 saturated carbocycles. The number of hydrogen-bond acceptors (Lipinski definition) is 5. The van der Waals surface area contributed by atoms with Crippen molar-refractivity contribution in [1.29, 1.82) is 0 Å². The number of nitrogens with zero attached hydrogens (tertiary/aromatic N) is 2. The third kappa shape index (κ3) is 3.59. The first-order valence-corrected chi connectivity index (χ1v) is 8.31. The fourth-order valence-electron chi connectivity index (χ4n) is 1.79. The molecule has 0 aliphatic carbocycles. The summed E-state index contributed by atoms with van der Waals surface area (Å²) in [4.78, 5) is 9.86. The minimum Gasteiger partial charge on any atom is -0.383 e. The molecule has 0 aliphatic rings. The largest absolute Gasteiger partial charge is 0.383 e. The molecule has 0 saturated heterocycles. The Morgan fingerprint density at radius 2 is 2.06 bits per heavy atom. The molecule has 0 fully saturated rings. The van der Waals surface area contributed by atoms with Crippen molar-refractivity contribution in [3.8, 4) is 0 Å². The molecule has 0 aromatic carbocycles. The van der Waals surface area contributed by atoms with Gasteiger partial charge in [0.2, 0.25) is 0 Å². The van der Waals surface area contributed by atoms with Crippen molar-refractivity contribution in [3.05, 3.63) is 11.4 Å². The lowest BCUT2D eigenvalue weighted by Gasteiger charge is -2.02. The van der Waals surface area contributed by atoms with Crippen LogP contribution in [0.3, 0.4) is 0 Å². The predicted molar refractivity (Wildman–Crippen MR) is 81.3 cm³/mol. The van der Waals surface area contributed by atoms with Gasteiger partial charge in [0.15, 0.2) is 5.16 Å². The zero-order valence-corrected chi connectivity index (χ0v) is 12.3. The molecule has 18 heavy (non-hydrogen) atoms. The second-order valence-electron chi connectivity index (χ2n) is 4.29. The van der Waals surface area contributed by atoms with Crippen molar-refractivity contribution in [2.45, 2.75) is 44.2 Å². The summed E-state index contributed by atoms with van der Waals surface area (Å²) in [6.07, 6.45) is 6.51. The van der Waals surface area contributed by atoms with E-state index in [0.717, 1.165) is 21.1 Å². The van der Waals surface area contributed by atoms with Gasteiger partial charge in [-0.1, -0.05) is 44.4 Å². The lowest BCUT2D eigenvalue weighted by molar-refractivity contribution is 0.659. The van der Waals surface area contributed by atoms with Gasteiger partial charge in [0.1, 0.15) is 10.6 Å². The van der Waals surface area contributed by atoms with Gasteiger partial charge < -0.3 is 5.73 Å². The summed E-state index contributed by atoms with van der Waals surface area (Å²) in [7, 11) is 0. The molecule has 2 aromatic heterocycles. The third-order valence-corrected chi connectivity index (χ3v) is 4.55. The molecule has 98 valence electrons. The Bertz CT molecular complexity index is 496. The number of thioether (sulfide) groups is 1. The molecule has 0 bridgehead atoms. The van der Waals surface area contributed by atoms with Gasteiger partial charge >= 0.3 is 0 Å². The molecule has 0 amide bonds. The molecule has 2 N–H and O–H groups in total. The van der Waals surface area contributed by atoms with E-state index in [9.17, 15) is 0 Å². The molecule has 5 heteroatoms. The topological polar surface area (TPSA) is 51.8 Å². The zero-order chi connectivity index (χ0) is 12.8. The number of nitrogens with two attached hydrogens (primary N) is 1. The molecular weight excluding hydrogens is 262 g/mol. The first kappa shape index (κ1) is 13.6. The standard InChI is InChI=1S/C13H19N3S2/c1-2-3-4-5-6-8-18-13-15-11(14)10-7-9-17-12(10)16-13/h7,9H,2-6,8H2,1H3,(H2,14,15,16). The summed E-state index contributed by atoms with van der Waals surface area (Å²) in [5, 5.41) is 3.81. The number of aromatic nitrogens is 2. The SMILES string of the molecule is CCCCCCCSc1nc(N)c2ccsc2n1. The quantitative estimate of drug-likeness (QED) is 0.466. The Hall–Kier alpha value is -0.810. The molecular formula is C13H19N3S2. The van der Waals surface area contributed by atoms with Crippen LogP contribution in [-0.2, 0) is 0 Å². The maximum absolute atomic E-state index is 5.91. The van der Waals surface area contributed by atoms with E-state index in [1.165, 1.54) is 32.1 Å². The van der Waals surface area contributed by atoms with E-state index in [1.807, 2.05) is 11.4 Å². The highest BCUT2D eigenvalue weighted by molar-refractivity contribution is 7.99. The van der Waals surface area contributed by atoms with Crippen molar-refractivity contribution < 1.29 is 0 Å². The van der Waals surface area contributed by atoms with Crippen LogP contribution in [-0.4, -0.2) is 15.7 Å². The van der Waals surface area contributed by atoms with E-state index in [2.05, 4.69) is 16.9 Å². The minimum absolute atomic E-state index is 0.606. The van der Waals surface area contributed by atoms with Crippen LogP contribution in [0.2, 0.25) is 0 Å². The van der Waals surface area contributed by atoms with Crippen LogP contribution in [0.1, 0.15) is 39.0 Å². The molecule has 0 unspecified atom stereocenters. The van der Waals surface area contributed by atoms with Crippen molar-refractivity contribution >= 4 is 39.1 Å². The van der Waals surface area contributed by atoms with E-state index in [-0.39, 0.29) is 0 Å². The van der Waals surface area contributed by atoms with Gasteiger partial charge in [0.25, 0.3) is 0 Å². The lowest BCUT2D eigenvalue weighted by Crippen LogP contribution is -1.95. The second kappa shape index (κ2) is 6.95. The Balaban J connectivity index is 1.84. The number of hydrogen-bond donors (Lipinski definition) is 1. The van der Waals surface area contributed by atoms with Crippen molar-refractivity contribution in [3.63, 3.8) is 0 Å². The van der Waals surface area contributed by atoms with Crippen LogP contribution >= 0.6 is 23.1 Å². The fourth-order valence-corrected chi connectivity index (χ4v) is 3.47. The van der Waals surface area contributed by atoms with Gasteiger partial charge in [-0.05, 0) is 17.9 Å². The average molecular weight is 281 g/mol. The highest BCUT2D eigenvalue weighted by Crippen LogP contribution is 2.26. The number of nitrogen functional groups attached to an aromatic ring is 1. The molecule has 2 heterocycles. The first-order valence-electron chi connectivity index (χ1n) is 6.44. The van der Waals surface area contributed by atoms with Gasteiger partial charge in [-0.2, -0.15) is 0 Å². The normalized spacial score (nSPS) is 11.2. The Labute approximate surface area is 116 Å².